The molecule has 76 valence electrons. The molecule has 0 saturated heterocycles. The Balaban J connectivity index is 3.00. The molecular formula is C13H21B. The summed E-state index contributed by atoms with van der Waals surface area (Å²) >= 11 is 0. The van der Waals surface area contributed by atoms with E-state index in [1.54, 1.807) is 0 Å². The Hall–Kier alpha value is -0.715. The average molecular weight is 188 g/mol. The summed E-state index contributed by atoms with van der Waals surface area (Å²) in [7, 11) is 0. The highest BCUT2D eigenvalue weighted by Gasteiger charge is 2.09. The highest BCUT2D eigenvalue weighted by Crippen LogP contribution is 2.17. The van der Waals surface area contributed by atoms with E-state index in [1.807, 2.05) is 0 Å². The molecule has 0 atom stereocenters. The van der Waals surface area contributed by atoms with Crippen LogP contribution in [0, 0.1) is 6.92 Å². The van der Waals surface area contributed by atoms with E-state index in [9.17, 15) is 0 Å². The van der Waals surface area contributed by atoms with E-state index in [0.29, 0.717) is 12.6 Å². The maximum Gasteiger partial charge on any atom is 0.172 e. The van der Waals surface area contributed by atoms with Gasteiger partial charge in [-0.1, -0.05) is 57.6 Å². The van der Waals surface area contributed by atoms with E-state index in [2.05, 4.69) is 52.7 Å². The lowest BCUT2D eigenvalue weighted by molar-refractivity contribution is 0.857. The second-order valence-corrected chi connectivity index (χ2v) is 4.58. The van der Waals surface area contributed by atoms with Gasteiger partial charge in [-0.05, 0) is 24.0 Å². The number of hydrogen-bond acceptors (Lipinski definition) is 0. The first-order chi connectivity index (χ1) is 6.56. The van der Waals surface area contributed by atoms with Crippen molar-refractivity contribution in [2.45, 2.75) is 46.8 Å². The van der Waals surface area contributed by atoms with E-state index < -0.39 is 0 Å². The average Bonchev–Trinajstić information content (AvgIpc) is 2.15. The molecule has 1 heteroatoms. The van der Waals surface area contributed by atoms with Gasteiger partial charge in [0.15, 0.2) is 6.71 Å². The molecule has 0 unspecified atom stereocenters. The van der Waals surface area contributed by atoms with Crippen LogP contribution in [0.5, 0.6) is 0 Å². The second kappa shape index (κ2) is 4.68. The molecule has 0 N–H and O–H groups in total. The molecule has 0 nitrogen and oxygen atoms in total. The Kier molecular flexibility index (Phi) is 3.80. The first kappa shape index (κ1) is 11.4. The maximum atomic E-state index is 2.35. The fraction of sp³-hybridized carbons (Fsp3) is 0.538. The Morgan fingerprint density at radius 1 is 1.29 bits per heavy atom. The van der Waals surface area contributed by atoms with Crippen LogP contribution in [0.15, 0.2) is 18.2 Å². The summed E-state index contributed by atoms with van der Waals surface area (Å²) in [5.41, 5.74) is 4.41. The lowest BCUT2D eigenvalue weighted by Gasteiger charge is -2.13. The minimum Gasteiger partial charge on any atom is -0.0817 e. The molecule has 1 rings (SSSR count). The standard InChI is InChI=1S/C13H21B/c1-6-14(5)12-7-8-13(10(2)3)11(4)9-12/h7-10H,6H2,1-5H3. The highest BCUT2D eigenvalue weighted by atomic mass is 14.1. The monoisotopic (exact) mass is 188 g/mol. The van der Waals surface area contributed by atoms with Crippen LogP contribution < -0.4 is 5.46 Å². The summed E-state index contributed by atoms with van der Waals surface area (Å²) in [6.07, 6.45) is 1.22. The SMILES string of the molecule is CCB(C)c1ccc(C(C)C)c(C)c1. The van der Waals surface area contributed by atoms with Gasteiger partial charge in [0, 0.05) is 0 Å². The molecular weight excluding hydrogens is 167 g/mol. The zero-order valence-corrected chi connectivity index (χ0v) is 10.1. The van der Waals surface area contributed by atoms with Crippen molar-refractivity contribution in [3.05, 3.63) is 29.3 Å². The van der Waals surface area contributed by atoms with E-state index in [0.717, 1.165) is 0 Å². The third kappa shape index (κ3) is 2.40. The summed E-state index contributed by atoms with van der Waals surface area (Å²) in [5, 5.41) is 0. The van der Waals surface area contributed by atoms with E-state index in [-0.39, 0.29) is 0 Å². The van der Waals surface area contributed by atoms with Crippen molar-refractivity contribution >= 4 is 12.2 Å². The molecule has 0 radical (unpaired) electrons. The summed E-state index contributed by atoms with van der Waals surface area (Å²) in [6, 6.07) is 6.93. The number of benzene rings is 1. The van der Waals surface area contributed by atoms with Gasteiger partial charge in [-0.15, -0.1) is 0 Å². The summed E-state index contributed by atoms with van der Waals surface area (Å²) in [4.78, 5) is 0. The van der Waals surface area contributed by atoms with Crippen molar-refractivity contribution in [1.29, 1.82) is 0 Å². The summed E-state index contributed by atoms with van der Waals surface area (Å²) in [5.74, 6) is 0.640. The lowest BCUT2D eigenvalue weighted by Crippen LogP contribution is -2.25. The van der Waals surface area contributed by atoms with Gasteiger partial charge in [0.25, 0.3) is 0 Å². The zero-order chi connectivity index (χ0) is 10.7. The largest absolute Gasteiger partial charge is 0.172 e. The Bertz CT molecular complexity index is 302. The summed E-state index contributed by atoms with van der Waals surface area (Å²) in [6.45, 7) is 12.0. The first-order valence-corrected chi connectivity index (χ1v) is 5.66. The third-order valence-electron chi connectivity index (χ3n) is 3.10. The molecule has 1 aromatic carbocycles. The van der Waals surface area contributed by atoms with Gasteiger partial charge in [0.05, 0.1) is 0 Å². The van der Waals surface area contributed by atoms with Gasteiger partial charge in [-0.3, -0.25) is 0 Å². The molecule has 0 aromatic heterocycles. The van der Waals surface area contributed by atoms with Crippen molar-refractivity contribution in [3.8, 4) is 0 Å². The lowest BCUT2D eigenvalue weighted by atomic mass is 9.45. The van der Waals surface area contributed by atoms with Gasteiger partial charge in [0.2, 0.25) is 0 Å². The Morgan fingerprint density at radius 3 is 2.36 bits per heavy atom. The highest BCUT2D eigenvalue weighted by molar-refractivity contribution is 6.71. The summed E-state index contributed by atoms with van der Waals surface area (Å²) < 4.78 is 0. The van der Waals surface area contributed by atoms with Gasteiger partial charge >= 0.3 is 0 Å². The molecule has 0 bridgehead atoms. The molecule has 0 aliphatic carbocycles. The molecule has 14 heavy (non-hydrogen) atoms. The van der Waals surface area contributed by atoms with Crippen LogP contribution in [-0.4, -0.2) is 6.71 Å². The molecule has 0 spiro atoms. The van der Waals surface area contributed by atoms with E-state index in [4.69, 9.17) is 0 Å². The second-order valence-electron chi connectivity index (χ2n) is 4.58. The van der Waals surface area contributed by atoms with Crippen LogP contribution in [-0.2, 0) is 0 Å². The van der Waals surface area contributed by atoms with Crippen molar-refractivity contribution in [1.82, 2.24) is 0 Å². The first-order valence-electron chi connectivity index (χ1n) is 5.66. The zero-order valence-electron chi connectivity index (χ0n) is 10.1. The Labute approximate surface area is 88.8 Å². The maximum absolute atomic E-state index is 2.35. The van der Waals surface area contributed by atoms with Crippen LogP contribution in [0.1, 0.15) is 37.8 Å². The number of rotatable bonds is 3. The molecule has 0 aliphatic heterocycles. The quantitative estimate of drug-likeness (QED) is 0.637. The van der Waals surface area contributed by atoms with Crippen molar-refractivity contribution in [2.75, 3.05) is 0 Å². The van der Waals surface area contributed by atoms with E-state index >= 15 is 0 Å². The minimum atomic E-state index is 0.640. The topological polar surface area (TPSA) is 0 Å². The predicted octanol–water partition coefficient (Wildman–Crippen LogP) is 3.47. The van der Waals surface area contributed by atoms with E-state index in [1.165, 1.54) is 22.9 Å². The van der Waals surface area contributed by atoms with Crippen molar-refractivity contribution < 1.29 is 0 Å². The van der Waals surface area contributed by atoms with Crippen LogP contribution >= 0.6 is 0 Å². The fourth-order valence-corrected chi connectivity index (χ4v) is 1.89. The van der Waals surface area contributed by atoms with Gasteiger partial charge in [0.1, 0.15) is 0 Å². The molecule has 0 aliphatic rings. The number of aryl methyl sites for hydroxylation is 1. The molecule has 1 aromatic rings. The van der Waals surface area contributed by atoms with Gasteiger partial charge in [-0.2, -0.15) is 0 Å². The van der Waals surface area contributed by atoms with Gasteiger partial charge < -0.3 is 0 Å². The van der Waals surface area contributed by atoms with Crippen LogP contribution in [0.4, 0.5) is 0 Å². The van der Waals surface area contributed by atoms with Crippen LogP contribution in [0.2, 0.25) is 13.1 Å². The fourth-order valence-electron chi connectivity index (χ4n) is 1.89. The molecule has 0 fully saturated rings. The van der Waals surface area contributed by atoms with Crippen molar-refractivity contribution in [3.63, 3.8) is 0 Å². The van der Waals surface area contributed by atoms with Gasteiger partial charge in [-0.25, -0.2) is 0 Å². The smallest absolute Gasteiger partial charge is 0.0817 e. The third-order valence-corrected chi connectivity index (χ3v) is 3.10. The molecule has 0 saturated carbocycles. The molecule has 0 heterocycles. The Morgan fingerprint density at radius 2 is 1.93 bits per heavy atom. The predicted molar refractivity (Wildman–Crippen MR) is 67.0 cm³/mol. The number of hydrogen-bond donors (Lipinski definition) is 0. The normalized spacial score (nSPS) is 10.7. The van der Waals surface area contributed by atoms with Crippen molar-refractivity contribution in [2.24, 2.45) is 0 Å². The minimum absolute atomic E-state index is 0.640. The van der Waals surface area contributed by atoms with Crippen LogP contribution in [0.25, 0.3) is 0 Å². The van der Waals surface area contributed by atoms with Crippen LogP contribution in [0.3, 0.4) is 0 Å². The molecule has 0 amide bonds.